The van der Waals surface area contributed by atoms with Gasteiger partial charge in [-0.1, -0.05) is 55.1 Å². The van der Waals surface area contributed by atoms with E-state index in [1.165, 1.54) is 10.5 Å². The number of thioether (sulfide) groups is 1. The lowest BCUT2D eigenvalue weighted by atomic mass is 10.00. The maximum atomic E-state index is 13.1. The number of carbonyl (C=O) groups excluding carboxylic acids is 4. The van der Waals surface area contributed by atoms with Crippen molar-refractivity contribution in [2.45, 2.75) is 58.0 Å². The third-order valence-corrected chi connectivity index (χ3v) is 8.12. The number of nitrogens with zero attached hydrogens (tertiary/aromatic N) is 1. The number of hydrogen-bond donors (Lipinski definition) is 3. The molecule has 1 aliphatic heterocycles. The van der Waals surface area contributed by atoms with Crippen LogP contribution in [0.2, 0.25) is 0 Å². The van der Waals surface area contributed by atoms with Gasteiger partial charge < -0.3 is 25.3 Å². The molecule has 250 valence electrons. The van der Waals surface area contributed by atoms with Crippen molar-refractivity contribution < 1.29 is 33.4 Å². The number of nitrogens with two attached hydrogens (primary N) is 1. The maximum Gasteiger partial charge on any atom is 0.414 e. The Kier molecular flexibility index (Phi) is 11.9. The van der Waals surface area contributed by atoms with Gasteiger partial charge in [0.2, 0.25) is 5.91 Å². The van der Waals surface area contributed by atoms with Crippen molar-refractivity contribution in [3.05, 3.63) is 83.4 Å². The third-order valence-electron chi connectivity index (χ3n) is 7.14. The summed E-state index contributed by atoms with van der Waals surface area (Å²) in [6.45, 7) is 8.06. The Hall–Kier alpha value is -4.55. The molecule has 2 unspecified atom stereocenters. The molecule has 11 nitrogen and oxygen atoms in total. The Labute approximate surface area is 279 Å². The highest BCUT2D eigenvalue weighted by Gasteiger charge is 2.31. The molecule has 0 aliphatic carbocycles. The van der Waals surface area contributed by atoms with Crippen molar-refractivity contribution in [2.24, 2.45) is 11.7 Å². The van der Waals surface area contributed by atoms with Crippen LogP contribution < -0.4 is 30.7 Å². The minimum atomic E-state index is -0.711. The normalized spacial score (nSPS) is 15.1. The minimum absolute atomic E-state index is 0.301. The predicted octanol–water partition coefficient (Wildman–Crippen LogP) is 5.69. The highest BCUT2D eigenvalue weighted by molar-refractivity contribution is 8.15. The molecule has 0 saturated carbocycles. The SMILES string of the molecule is CC(CN)Cc1cccc(COc2ccc(N(C)C(=O)OC(C)(C)C)c(NC(=O)COc3ccc(CC4SC(=O)NC4=O)cc3)c2)c1. The van der Waals surface area contributed by atoms with Crippen molar-refractivity contribution >= 4 is 46.3 Å². The number of ether oxygens (including phenoxy) is 3. The van der Waals surface area contributed by atoms with Crippen molar-refractivity contribution in [1.82, 2.24) is 5.32 Å². The average molecular weight is 663 g/mol. The van der Waals surface area contributed by atoms with E-state index in [1.807, 2.05) is 12.1 Å². The Bertz CT molecular complexity index is 1590. The molecule has 1 aliphatic rings. The molecule has 1 saturated heterocycles. The Morgan fingerprint density at radius 1 is 0.979 bits per heavy atom. The van der Waals surface area contributed by atoms with Gasteiger partial charge in [-0.05, 0) is 87.0 Å². The number of amides is 4. The van der Waals surface area contributed by atoms with Crippen LogP contribution in [0.3, 0.4) is 0 Å². The van der Waals surface area contributed by atoms with E-state index < -0.39 is 22.9 Å². The monoisotopic (exact) mass is 662 g/mol. The lowest BCUT2D eigenvalue weighted by molar-refractivity contribution is -0.119. The van der Waals surface area contributed by atoms with Gasteiger partial charge in [0.1, 0.15) is 23.7 Å². The van der Waals surface area contributed by atoms with Gasteiger partial charge in [0.15, 0.2) is 6.61 Å². The Morgan fingerprint density at radius 3 is 2.34 bits per heavy atom. The first-order chi connectivity index (χ1) is 22.3. The quantitative estimate of drug-likeness (QED) is 0.210. The van der Waals surface area contributed by atoms with E-state index in [1.54, 1.807) is 70.3 Å². The van der Waals surface area contributed by atoms with Crippen molar-refractivity contribution in [3.63, 3.8) is 0 Å². The smallest absolute Gasteiger partial charge is 0.414 e. The van der Waals surface area contributed by atoms with Crippen LogP contribution >= 0.6 is 11.8 Å². The van der Waals surface area contributed by atoms with Crippen LogP contribution in [-0.4, -0.2) is 54.2 Å². The Balaban J connectivity index is 1.43. The molecule has 0 radical (unpaired) electrons. The fourth-order valence-corrected chi connectivity index (χ4v) is 5.58. The molecule has 1 fully saturated rings. The Morgan fingerprint density at radius 2 is 1.68 bits per heavy atom. The molecule has 3 aromatic carbocycles. The molecule has 4 amide bonds. The molecule has 0 spiro atoms. The molecule has 0 aromatic heterocycles. The first kappa shape index (κ1) is 35.3. The van der Waals surface area contributed by atoms with E-state index in [4.69, 9.17) is 19.9 Å². The van der Waals surface area contributed by atoms with Gasteiger partial charge in [-0.3, -0.25) is 24.6 Å². The van der Waals surface area contributed by atoms with Crippen LogP contribution in [0.1, 0.15) is 44.4 Å². The number of benzene rings is 3. The largest absolute Gasteiger partial charge is 0.489 e. The summed E-state index contributed by atoms with van der Waals surface area (Å²) in [5.74, 6) is 0.563. The van der Waals surface area contributed by atoms with Crippen LogP contribution in [0, 0.1) is 5.92 Å². The first-order valence-electron chi connectivity index (χ1n) is 15.3. The molecular formula is C35H42N4O7S. The number of carbonyl (C=O) groups is 4. The van der Waals surface area contributed by atoms with E-state index in [2.05, 4.69) is 29.7 Å². The maximum absolute atomic E-state index is 13.1. The molecule has 47 heavy (non-hydrogen) atoms. The van der Waals surface area contributed by atoms with E-state index in [-0.39, 0.29) is 17.8 Å². The zero-order chi connectivity index (χ0) is 34.1. The van der Waals surface area contributed by atoms with Crippen LogP contribution in [0.5, 0.6) is 11.5 Å². The zero-order valence-electron chi connectivity index (χ0n) is 27.3. The molecule has 4 N–H and O–H groups in total. The second-order valence-electron chi connectivity index (χ2n) is 12.4. The van der Waals surface area contributed by atoms with Gasteiger partial charge in [-0.2, -0.15) is 0 Å². The molecule has 4 rings (SSSR count). The van der Waals surface area contributed by atoms with E-state index in [9.17, 15) is 19.2 Å². The summed E-state index contributed by atoms with van der Waals surface area (Å²) < 4.78 is 17.3. The van der Waals surface area contributed by atoms with Crippen LogP contribution in [0.4, 0.5) is 21.0 Å². The van der Waals surface area contributed by atoms with Crippen LogP contribution in [-0.2, 0) is 33.8 Å². The summed E-state index contributed by atoms with van der Waals surface area (Å²) in [7, 11) is 1.56. The van der Waals surface area contributed by atoms with E-state index in [0.29, 0.717) is 48.4 Å². The second kappa shape index (κ2) is 15.8. The lowest BCUT2D eigenvalue weighted by Crippen LogP contribution is -2.34. The average Bonchev–Trinajstić information content (AvgIpc) is 3.34. The fourth-order valence-electron chi connectivity index (χ4n) is 4.72. The molecule has 2 atom stereocenters. The number of hydrogen-bond acceptors (Lipinski definition) is 9. The van der Waals surface area contributed by atoms with Gasteiger partial charge in [-0.15, -0.1) is 0 Å². The highest BCUT2D eigenvalue weighted by Crippen LogP contribution is 2.31. The van der Waals surface area contributed by atoms with Gasteiger partial charge >= 0.3 is 6.09 Å². The summed E-state index contributed by atoms with van der Waals surface area (Å²) in [6.07, 6.45) is 0.687. The third kappa shape index (κ3) is 10.8. The highest BCUT2D eigenvalue weighted by atomic mass is 32.2. The topological polar surface area (TPSA) is 149 Å². The van der Waals surface area contributed by atoms with Crippen LogP contribution in [0.15, 0.2) is 66.7 Å². The lowest BCUT2D eigenvalue weighted by Gasteiger charge is -2.26. The van der Waals surface area contributed by atoms with Crippen LogP contribution in [0.25, 0.3) is 0 Å². The van der Waals surface area contributed by atoms with E-state index >= 15 is 0 Å². The second-order valence-corrected chi connectivity index (χ2v) is 13.6. The van der Waals surface area contributed by atoms with Gasteiger partial charge in [0.05, 0.1) is 16.6 Å². The fraction of sp³-hybridized carbons (Fsp3) is 0.371. The summed E-state index contributed by atoms with van der Waals surface area (Å²) in [6, 6.07) is 20.2. The number of imide groups is 1. The van der Waals surface area contributed by atoms with Crippen molar-refractivity contribution in [1.29, 1.82) is 0 Å². The van der Waals surface area contributed by atoms with E-state index in [0.717, 1.165) is 29.3 Å². The zero-order valence-corrected chi connectivity index (χ0v) is 28.1. The van der Waals surface area contributed by atoms with Crippen molar-refractivity contribution in [3.8, 4) is 11.5 Å². The standard InChI is InChI=1S/C35H42N4O7S/c1-22(19-36)15-24-7-6-8-25(16-24)20-44-27-13-14-29(39(5)34(43)46-35(2,3)4)28(18-27)37-31(40)21-45-26-11-9-23(10-12-26)17-30-32(41)38-33(42)47-30/h6-14,16,18,22,30H,15,17,19-21,36H2,1-5H3,(H,37,40)(H,38,41,42). The van der Waals surface area contributed by atoms with Gasteiger partial charge in [-0.25, -0.2) is 4.79 Å². The van der Waals surface area contributed by atoms with Gasteiger partial charge in [0.25, 0.3) is 11.1 Å². The summed E-state index contributed by atoms with van der Waals surface area (Å²) in [5.41, 5.74) is 8.86. The first-order valence-corrected chi connectivity index (χ1v) is 16.2. The number of nitrogens with one attached hydrogen (secondary N) is 2. The molecule has 12 heteroatoms. The summed E-state index contributed by atoms with van der Waals surface area (Å²) in [4.78, 5) is 50.6. The number of anilines is 2. The molecule has 0 bridgehead atoms. The predicted molar refractivity (Wildman–Crippen MR) is 183 cm³/mol. The summed E-state index contributed by atoms with van der Waals surface area (Å²) >= 11 is 0.972. The molecule has 3 aromatic rings. The van der Waals surface area contributed by atoms with Crippen molar-refractivity contribution in [2.75, 3.05) is 30.4 Å². The molecular weight excluding hydrogens is 620 g/mol. The summed E-state index contributed by atoms with van der Waals surface area (Å²) in [5, 5.41) is 4.31. The van der Waals surface area contributed by atoms with Gasteiger partial charge in [0, 0.05) is 13.1 Å². The molecule has 1 heterocycles. The number of rotatable bonds is 13. The minimum Gasteiger partial charge on any atom is -0.489 e.